The SMILES string of the molecule is CCC(O)c1ccccc1.O=Cc1ccccc1.OCc1ccccc1.[CH2-]C.[CH2-]C.[Zn+2]. The summed E-state index contributed by atoms with van der Waals surface area (Å²) in [6.07, 6.45) is 1.32. The number of hydrogen-bond donors (Lipinski definition) is 2. The van der Waals surface area contributed by atoms with Crippen LogP contribution in [-0.4, -0.2) is 16.5 Å². The third kappa shape index (κ3) is 18.4. The predicted octanol–water partition coefficient (Wildman–Crippen LogP) is 6.49. The molecule has 0 aliphatic heterocycles. The maximum atomic E-state index is 10.0. The molecule has 0 amide bonds. The number of aliphatic hydroxyl groups excluding tert-OH is 2. The van der Waals surface area contributed by atoms with E-state index in [2.05, 4.69) is 13.8 Å². The summed E-state index contributed by atoms with van der Waals surface area (Å²) < 4.78 is 0. The van der Waals surface area contributed by atoms with Gasteiger partial charge < -0.3 is 24.1 Å². The Kier molecular flexibility index (Phi) is 28.0. The number of aldehydes is 1. The molecule has 0 bridgehead atoms. The quantitative estimate of drug-likeness (QED) is 0.259. The molecule has 31 heavy (non-hydrogen) atoms. The van der Waals surface area contributed by atoms with E-state index in [0.29, 0.717) is 0 Å². The van der Waals surface area contributed by atoms with Crippen molar-refractivity contribution < 1.29 is 34.5 Å². The van der Waals surface area contributed by atoms with Crippen LogP contribution in [-0.2, 0) is 26.1 Å². The van der Waals surface area contributed by atoms with Crippen LogP contribution in [0.4, 0.5) is 0 Å². The van der Waals surface area contributed by atoms with Crippen molar-refractivity contribution in [2.45, 2.75) is 39.9 Å². The molecule has 3 aromatic rings. The first kappa shape index (κ1) is 33.5. The van der Waals surface area contributed by atoms with Crippen molar-refractivity contribution in [1.29, 1.82) is 0 Å². The average molecular weight is 474 g/mol. The fourth-order valence-electron chi connectivity index (χ4n) is 2.03. The molecule has 0 spiro atoms. The first-order valence-electron chi connectivity index (χ1n) is 10.0. The largest absolute Gasteiger partial charge is 2.00 e. The van der Waals surface area contributed by atoms with Crippen LogP contribution in [0.15, 0.2) is 91.0 Å². The first-order valence-corrected chi connectivity index (χ1v) is 10.0. The summed E-state index contributed by atoms with van der Waals surface area (Å²) in [5, 5.41) is 17.9. The third-order valence-electron chi connectivity index (χ3n) is 3.53. The summed E-state index contributed by atoms with van der Waals surface area (Å²) in [6.45, 7) is 12.1. The smallest absolute Gasteiger partial charge is 0.392 e. The summed E-state index contributed by atoms with van der Waals surface area (Å²) in [6, 6.07) is 28.3. The van der Waals surface area contributed by atoms with E-state index in [1.807, 2.05) is 85.8 Å². The zero-order valence-electron chi connectivity index (χ0n) is 19.2. The van der Waals surface area contributed by atoms with Crippen LogP contribution in [0.5, 0.6) is 0 Å². The molecule has 0 aromatic heterocycles. The van der Waals surface area contributed by atoms with Gasteiger partial charge in [0.05, 0.1) is 12.7 Å². The van der Waals surface area contributed by atoms with Gasteiger partial charge in [0.15, 0.2) is 0 Å². The molecule has 0 saturated carbocycles. The van der Waals surface area contributed by atoms with Gasteiger partial charge in [-0.2, -0.15) is 13.8 Å². The number of benzene rings is 3. The minimum atomic E-state index is -0.291. The first-order chi connectivity index (χ1) is 14.7. The Labute approximate surface area is 201 Å². The van der Waals surface area contributed by atoms with E-state index < -0.39 is 0 Å². The van der Waals surface area contributed by atoms with Crippen LogP contribution in [0, 0.1) is 13.8 Å². The second-order valence-electron chi connectivity index (χ2n) is 5.51. The second-order valence-corrected chi connectivity index (χ2v) is 5.51. The second kappa shape index (κ2) is 25.9. The molecule has 1 unspecified atom stereocenters. The Morgan fingerprint density at radius 1 is 0.774 bits per heavy atom. The van der Waals surface area contributed by atoms with Gasteiger partial charge in [0.2, 0.25) is 0 Å². The van der Waals surface area contributed by atoms with E-state index in [-0.39, 0.29) is 32.2 Å². The molecule has 4 heteroatoms. The van der Waals surface area contributed by atoms with Crippen LogP contribution < -0.4 is 0 Å². The molecule has 164 valence electrons. The molecule has 1 atom stereocenters. The van der Waals surface area contributed by atoms with Crippen LogP contribution in [0.25, 0.3) is 0 Å². The van der Waals surface area contributed by atoms with Crippen LogP contribution in [0.2, 0.25) is 0 Å². The van der Waals surface area contributed by atoms with Gasteiger partial charge in [0.1, 0.15) is 6.29 Å². The Balaban J connectivity index is -0.000000347. The number of carbonyl (C=O) groups is 1. The molecule has 2 N–H and O–H groups in total. The Morgan fingerprint density at radius 2 is 1.16 bits per heavy atom. The van der Waals surface area contributed by atoms with E-state index >= 15 is 0 Å². The Bertz CT molecular complexity index is 704. The summed E-state index contributed by atoms with van der Waals surface area (Å²) in [5.74, 6) is 0. The van der Waals surface area contributed by atoms with E-state index in [4.69, 9.17) is 5.11 Å². The number of aliphatic hydroxyl groups is 2. The van der Waals surface area contributed by atoms with Crippen LogP contribution in [0.3, 0.4) is 0 Å². The van der Waals surface area contributed by atoms with Crippen molar-refractivity contribution in [1.82, 2.24) is 0 Å². The van der Waals surface area contributed by atoms with E-state index in [9.17, 15) is 9.90 Å². The minimum absolute atomic E-state index is 0. The van der Waals surface area contributed by atoms with Crippen molar-refractivity contribution in [2.24, 2.45) is 0 Å². The van der Waals surface area contributed by atoms with Crippen LogP contribution >= 0.6 is 0 Å². The summed E-state index contributed by atoms with van der Waals surface area (Å²) in [4.78, 5) is 10.0. The molecule has 0 aliphatic carbocycles. The van der Waals surface area contributed by atoms with E-state index in [1.165, 1.54) is 0 Å². The zero-order valence-corrected chi connectivity index (χ0v) is 22.1. The zero-order chi connectivity index (χ0) is 23.0. The predicted molar refractivity (Wildman–Crippen MR) is 128 cm³/mol. The van der Waals surface area contributed by atoms with Gasteiger partial charge in [0, 0.05) is 5.56 Å². The van der Waals surface area contributed by atoms with Gasteiger partial charge in [-0.05, 0) is 17.5 Å². The Hall–Kier alpha value is -2.13. The molecule has 3 rings (SSSR count). The van der Waals surface area contributed by atoms with E-state index in [1.54, 1.807) is 26.0 Å². The van der Waals surface area contributed by atoms with Crippen molar-refractivity contribution in [3.8, 4) is 0 Å². The number of rotatable bonds is 4. The molecule has 0 saturated heterocycles. The monoisotopic (exact) mass is 472 g/mol. The van der Waals surface area contributed by atoms with Gasteiger partial charge in [-0.1, -0.05) is 97.9 Å². The summed E-state index contributed by atoms with van der Waals surface area (Å²) in [5.41, 5.74) is 2.70. The van der Waals surface area contributed by atoms with Gasteiger partial charge in [-0.25, -0.2) is 0 Å². The van der Waals surface area contributed by atoms with Crippen molar-refractivity contribution in [3.63, 3.8) is 0 Å². The molecule has 0 radical (unpaired) electrons. The molecular formula is C27H36O3Zn. The van der Waals surface area contributed by atoms with E-state index in [0.717, 1.165) is 29.4 Å². The fraction of sp³-hybridized carbons (Fsp3) is 0.222. The molecular weight excluding hydrogens is 438 g/mol. The summed E-state index contributed by atoms with van der Waals surface area (Å²) >= 11 is 0. The van der Waals surface area contributed by atoms with Gasteiger partial charge >= 0.3 is 19.5 Å². The van der Waals surface area contributed by atoms with Crippen molar-refractivity contribution >= 4 is 6.29 Å². The maximum absolute atomic E-state index is 10.0. The van der Waals surface area contributed by atoms with Crippen molar-refractivity contribution in [3.05, 3.63) is 122 Å². The molecule has 0 fully saturated rings. The normalized spacial score (nSPS) is 9.13. The van der Waals surface area contributed by atoms with Gasteiger partial charge in [-0.15, -0.1) is 0 Å². The fourth-order valence-corrected chi connectivity index (χ4v) is 2.03. The Morgan fingerprint density at radius 3 is 1.45 bits per heavy atom. The third-order valence-corrected chi connectivity index (χ3v) is 3.53. The average Bonchev–Trinajstić information content (AvgIpc) is 2.88. The van der Waals surface area contributed by atoms with Crippen molar-refractivity contribution in [2.75, 3.05) is 0 Å². The molecule has 3 nitrogen and oxygen atoms in total. The van der Waals surface area contributed by atoms with Gasteiger partial charge in [0.25, 0.3) is 0 Å². The molecule has 3 aromatic carbocycles. The molecule has 0 aliphatic rings. The minimum Gasteiger partial charge on any atom is -0.392 e. The number of carbonyl (C=O) groups excluding carboxylic acids is 1. The van der Waals surface area contributed by atoms with Crippen LogP contribution in [0.1, 0.15) is 54.8 Å². The molecule has 0 heterocycles. The van der Waals surface area contributed by atoms with Gasteiger partial charge in [-0.3, -0.25) is 4.79 Å². The maximum Gasteiger partial charge on any atom is 2.00 e. The standard InChI is InChI=1S/C9H12O.C7H8O.C7H6O.2C2H5.Zn/c1-2-9(10)8-6-4-3-5-7-8;2*8-6-7-4-2-1-3-5-7;2*1-2;/h3-7,9-10H,2H2,1H3;1-5,8H,6H2;1-6H;2*1H2,2H3;/q;;;2*-1;+2. The summed E-state index contributed by atoms with van der Waals surface area (Å²) in [7, 11) is 0. The topological polar surface area (TPSA) is 57.5 Å². The number of hydrogen-bond acceptors (Lipinski definition) is 3.